The zero-order valence-corrected chi connectivity index (χ0v) is 10.9. The highest BCUT2D eigenvalue weighted by molar-refractivity contribution is 5.93. The average molecular weight is 264 g/mol. The second-order valence-corrected chi connectivity index (χ2v) is 4.80. The lowest BCUT2D eigenvalue weighted by molar-refractivity contribution is -0.132. The summed E-state index contributed by atoms with van der Waals surface area (Å²) in [5, 5.41) is 2.70. The Kier molecular flexibility index (Phi) is 4.14. The number of anilines is 1. The van der Waals surface area contributed by atoms with Gasteiger partial charge in [-0.1, -0.05) is 6.07 Å². The third kappa shape index (κ3) is 3.53. The lowest BCUT2D eigenvalue weighted by atomic mass is 9.97. The summed E-state index contributed by atoms with van der Waals surface area (Å²) in [7, 11) is 0. The van der Waals surface area contributed by atoms with Gasteiger partial charge in [0, 0.05) is 25.7 Å². The van der Waals surface area contributed by atoms with Gasteiger partial charge in [-0.3, -0.25) is 9.59 Å². The van der Waals surface area contributed by atoms with E-state index in [1.807, 2.05) is 0 Å². The van der Waals surface area contributed by atoms with Crippen molar-refractivity contribution in [1.82, 2.24) is 4.90 Å². The fraction of sp³-hybridized carbons (Fsp3) is 0.429. The van der Waals surface area contributed by atoms with Crippen molar-refractivity contribution in [3.63, 3.8) is 0 Å². The molecule has 0 spiro atoms. The quantitative estimate of drug-likeness (QED) is 0.888. The molecule has 2 rings (SSSR count). The summed E-state index contributed by atoms with van der Waals surface area (Å²) in [6, 6.07) is 5.80. The second kappa shape index (κ2) is 5.82. The highest BCUT2D eigenvalue weighted by Crippen LogP contribution is 2.19. The number of carbonyl (C=O) groups is 2. The molecule has 1 N–H and O–H groups in total. The highest BCUT2D eigenvalue weighted by Gasteiger charge is 2.26. The van der Waals surface area contributed by atoms with Gasteiger partial charge in [0.1, 0.15) is 5.82 Å². The summed E-state index contributed by atoms with van der Waals surface area (Å²) in [5.41, 5.74) is 0.449. The van der Waals surface area contributed by atoms with Gasteiger partial charge in [-0.05, 0) is 31.0 Å². The molecule has 5 heteroatoms. The molecule has 0 aromatic heterocycles. The minimum absolute atomic E-state index is 0.0109. The molecule has 1 aromatic carbocycles. The maximum absolute atomic E-state index is 13.0. The van der Waals surface area contributed by atoms with E-state index in [1.54, 1.807) is 17.0 Å². The number of nitrogens with zero attached hydrogens (tertiary/aromatic N) is 1. The van der Waals surface area contributed by atoms with Gasteiger partial charge in [0.15, 0.2) is 0 Å². The van der Waals surface area contributed by atoms with Crippen LogP contribution in [0.2, 0.25) is 0 Å². The monoisotopic (exact) mass is 264 g/mol. The van der Waals surface area contributed by atoms with Crippen molar-refractivity contribution in [3.8, 4) is 0 Å². The third-order valence-corrected chi connectivity index (χ3v) is 3.33. The van der Waals surface area contributed by atoms with Crippen LogP contribution < -0.4 is 5.32 Å². The number of hydrogen-bond acceptors (Lipinski definition) is 2. The van der Waals surface area contributed by atoms with Crippen molar-refractivity contribution < 1.29 is 14.0 Å². The van der Waals surface area contributed by atoms with Crippen LogP contribution >= 0.6 is 0 Å². The predicted molar refractivity (Wildman–Crippen MR) is 70.0 cm³/mol. The Hall–Kier alpha value is -1.91. The van der Waals surface area contributed by atoms with Crippen molar-refractivity contribution in [2.75, 3.05) is 18.4 Å². The number of halogens is 1. The summed E-state index contributed by atoms with van der Waals surface area (Å²) in [5.74, 6) is -0.771. The second-order valence-electron chi connectivity index (χ2n) is 4.80. The van der Waals surface area contributed by atoms with Gasteiger partial charge in [-0.25, -0.2) is 4.39 Å². The molecule has 2 amide bonds. The maximum atomic E-state index is 13.0. The van der Waals surface area contributed by atoms with Crippen LogP contribution in [-0.2, 0) is 9.59 Å². The fourth-order valence-electron chi connectivity index (χ4n) is 2.29. The topological polar surface area (TPSA) is 49.4 Å². The first kappa shape index (κ1) is 13.5. The molecule has 0 bridgehead atoms. The number of nitrogens with one attached hydrogen (secondary N) is 1. The van der Waals surface area contributed by atoms with E-state index in [0.717, 1.165) is 12.8 Å². The normalized spacial score (nSPS) is 19.1. The molecular weight excluding hydrogens is 247 g/mol. The van der Waals surface area contributed by atoms with E-state index in [4.69, 9.17) is 0 Å². The van der Waals surface area contributed by atoms with E-state index in [2.05, 4.69) is 5.32 Å². The molecule has 1 aliphatic heterocycles. The van der Waals surface area contributed by atoms with E-state index >= 15 is 0 Å². The molecule has 19 heavy (non-hydrogen) atoms. The van der Waals surface area contributed by atoms with E-state index in [1.165, 1.54) is 19.1 Å². The number of carbonyl (C=O) groups excluding carboxylic acids is 2. The van der Waals surface area contributed by atoms with Gasteiger partial charge in [0.25, 0.3) is 0 Å². The standard InChI is InChI=1S/C14H17FN2O2/c1-10(18)17-7-3-4-11(9-17)14(19)16-13-6-2-5-12(15)8-13/h2,5-6,8,11H,3-4,7,9H2,1H3,(H,16,19). The van der Waals surface area contributed by atoms with E-state index in [0.29, 0.717) is 18.8 Å². The smallest absolute Gasteiger partial charge is 0.229 e. The Bertz CT molecular complexity index is 490. The Morgan fingerprint density at radius 2 is 2.21 bits per heavy atom. The SMILES string of the molecule is CC(=O)N1CCCC(C(=O)Nc2cccc(F)c2)C1. The van der Waals surface area contributed by atoms with E-state index in [-0.39, 0.29) is 23.5 Å². The number of likely N-dealkylation sites (tertiary alicyclic amines) is 1. The van der Waals surface area contributed by atoms with Gasteiger partial charge in [-0.2, -0.15) is 0 Å². The van der Waals surface area contributed by atoms with Crippen LogP contribution in [0.1, 0.15) is 19.8 Å². The zero-order chi connectivity index (χ0) is 13.8. The van der Waals surface area contributed by atoms with Crippen LogP contribution in [0.25, 0.3) is 0 Å². The third-order valence-electron chi connectivity index (χ3n) is 3.33. The Labute approximate surface area is 111 Å². The van der Waals surface area contributed by atoms with Gasteiger partial charge < -0.3 is 10.2 Å². The molecule has 1 fully saturated rings. The molecule has 1 saturated heterocycles. The number of piperidine rings is 1. The zero-order valence-electron chi connectivity index (χ0n) is 10.9. The Morgan fingerprint density at radius 3 is 2.89 bits per heavy atom. The van der Waals surface area contributed by atoms with Gasteiger partial charge in [0.2, 0.25) is 11.8 Å². The Morgan fingerprint density at radius 1 is 1.42 bits per heavy atom. The fourth-order valence-corrected chi connectivity index (χ4v) is 2.29. The van der Waals surface area contributed by atoms with Crippen LogP contribution in [0.3, 0.4) is 0 Å². The minimum Gasteiger partial charge on any atom is -0.342 e. The van der Waals surface area contributed by atoms with Crippen LogP contribution in [0.4, 0.5) is 10.1 Å². The number of rotatable bonds is 2. The van der Waals surface area contributed by atoms with Crippen LogP contribution in [0.5, 0.6) is 0 Å². The predicted octanol–water partition coefficient (Wildman–Crippen LogP) is 2.02. The number of benzene rings is 1. The highest BCUT2D eigenvalue weighted by atomic mass is 19.1. The molecule has 0 radical (unpaired) electrons. The van der Waals surface area contributed by atoms with Crippen molar-refractivity contribution in [2.24, 2.45) is 5.92 Å². The summed E-state index contributed by atoms with van der Waals surface area (Å²) in [6.45, 7) is 2.66. The minimum atomic E-state index is -0.383. The van der Waals surface area contributed by atoms with Gasteiger partial charge >= 0.3 is 0 Å². The Balaban J connectivity index is 1.98. The summed E-state index contributed by atoms with van der Waals surface area (Å²) < 4.78 is 13.0. The molecule has 1 aromatic rings. The molecule has 102 valence electrons. The van der Waals surface area contributed by atoms with Crippen molar-refractivity contribution >= 4 is 17.5 Å². The van der Waals surface area contributed by atoms with Crippen LogP contribution in [0.15, 0.2) is 24.3 Å². The summed E-state index contributed by atoms with van der Waals surface area (Å²) >= 11 is 0. The first-order chi connectivity index (χ1) is 9.06. The molecule has 1 unspecified atom stereocenters. The number of amides is 2. The number of hydrogen-bond donors (Lipinski definition) is 1. The molecule has 4 nitrogen and oxygen atoms in total. The molecule has 1 atom stereocenters. The van der Waals surface area contributed by atoms with Crippen molar-refractivity contribution in [2.45, 2.75) is 19.8 Å². The largest absolute Gasteiger partial charge is 0.342 e. The van der Waals surface area contributed by atoms with Crippen LogP contribution in [-0.4, -0.2) is 29.8 Å². The lowest BCUT2D eigenvalue weighted by Crippen LogP contribution is -2.42. The lowest BCUT2D eigenvalue weighted by Gasteiger charge is -2.31. The summed E-state index contributed by atoms with van der Waals surface area (Å²) in [4.78, 5) is 25.1. The maximum Gasteiger partial charge on any atom is 0.229 e. The molecule has 1 aliphatic rings. The molecular formula is C14H17FN2O2. The van der Waals surface area contributed by atoms with Gasteiger partial charge in [0.05, 0.1) is 5.92 Å². The molecule has 0 aliphatic carbocycles. The van der Waals surface area contributed by atoms with Crippen LogP contribution in [0, 0.1) is 11.7 Å². The van der Waals surface area contributed by atoms with Crippen molar-refractivity contribution in [3.05, 3.63) is 30.1 Å². The average Bonchev–Trinajstić information content (AvgIpc) is 2.39. The summed E-state index contributed by atoms with van der Waals surface area (Å²) in [6.07, 6.45) is 1.58. The van der Waals surface area contributed by atoms with E-state index < -0.39 is 0 Å². The first-order valence-electron chi connectivity index (χ1n) is 6.38. The van der Waals surface area contributed by atoms with Crippen molar-refractivity contribution in [1.29, 1.82) is 0 Å². The van der Waals surface area contributed by atoms with E-state index in [9.17, 15) is 14.0 Å². The van der Waals surface area contributed by atoms with Gasteiger partial charge in [-0.15, -0.1) is 0 Å². The molecule has 0 saturated carbocycles. The molecule has 1 heterocycles. The first-order valence-corrected chi connectivity index (χ1v) is 6.38.